The minimum absolute atomic E-state index is 0.0686. The van der Waals surface area contributed by atoms with E-state index >= 15 is 0 Å². The summed E-state index contributed by atoms with van der Waals surface area (Å²) < 4.78 is 46.2. The first kappa shape index (κ1) is 23.0. The first-order valence-electron chi connectivity index (χ1n) is 9.55. The number of carbonyl (C=O) groups is 1. The molecule has 0 aliphatic carbocycles. The van der Waals surface area contributed by atoms with Crippen LogP contribution >= 0.6 is 0 Å². The summed E-state index contributed by atoms with van der Waals surface area (Å²) in [7, 11) is 0. The molecule has 5 N–H and O–H groups in total. The molecule has 0 spiro atoms. The van der Waals surface area contributed by atoms with Gasteiger partial charge in [-0.25, -0.2) is 4.98 Å². The molecule has 1 aromatic heterocycles. The number of ether oxygens (including phenoxy) is 1. The molecule has 168 valence electrons. The number of aryl methyl sites for hydroxylation is 1. The zero-order valence-electron chi connectivity index (χ0n) is 17.0. The Morgan fingerprint density at radius 3 is 2.28 bits per heavy atom. The average molecular weight is 446 g/mol. The largest absolute Gasteiger partial charge is 0.480 e. The Bertz CT molecular complexity index is 1090. The number of benzene rings is 2. The lowest BCUT2D eigenvalue weighted by Crippen LogP contribution is -2.32. The van der Waals surface area contributed by atoms with Crippen molar-refractivity contribution >= 4 is 11.9 Å². The predicted octanol–water partition coefficient (Wildman–Crippen LogP) is 3.67. The molecule has 0 aliphatic heterocycles. The highest BCUT2D eigenvalue weighted by Gasteiger charge is 2.43. The molecule has 3 rings (SSSR count). The number of alkyl halides is 3. The monoisotopic (exact) mass is 446 g/mol. The number of nitrogens with zero attached hydrogens (tertiary/aromatic N) is 2. The molecule has 1 heterocycles. The van der Waals surface area contributed by atoms with Gasteiger partial charge >= 0.3 is 12.1 Å². The van der Waals surface area contributed by atoms with E-state index in [1.54, 1.807) is 43.3 Å². The van der Waals surface area contributed by atoms with Crippen molar-refractivity contribution in [1.82, 2.24) is 9.97 Å². The molecule has 3 aromatic rings. The van der Waals surface area contributed by atoms with Gasteiger partial charge in [-0.05, 0) is 18.9 Å². The number of nitrogens with two attached hydrogens (primary N) is 2. The molecule has 2 aromatic carbocycles. The van der Waals surface area contributed by atoms with Gasteiger partial charge in [0.1, 0.15) is 6.04 Å². The Balaban J connectivity index is 1.87. The molecular formula is C22H21F3N4O3. The summed E-state index contributed by atoms with van der Waals surface area (Å²) in [5.41, 5.74) is 13.5. The predicted molar refractivity (Wildman–Crippen MR) is 112 cm³/mol. The van der Waals surface area contributed by atoms with Crippen LogP contribution in [0, 0.1) is 6.92 Å². The topological polar surface area (TPSA) is 124 Å². The van der Waals surface area contributed by atoms with Crippen molar-refractivity contribution in [3.63, 3.8) is 0 Å². The number of halogens is 3. The molecule has 0 radical (unpaired) electrons. The maximum Gasteiger partial charge on any atom is 0.429 e. The molecule has 0 saturated carbocycles. The number of hydrogen-bond acceptors (Lipinski definition) is 6. The van der Waals surface area contributed by atoms with Crippen LogP contribution in [0.25, 0.3) is 11.3 Å². The van der Waals surface area contributed by atoms with Gasteiger partial charge < -0.3 is 21.3 Å². The van der Waals surface area contributed by atoms with Crippen LogP contribution in [-0.4, -0.2) is 33.3 Å². The third kappa shape index (κ3) is 5.73. The van der Waals surface area contributed by atoms with Crippen LogP contribution in [0.1, 0.15) is 22.8 Å². The van der Waals surface area contributed by atoms with Crippen molar-refractivity contribution in [1.29, 1.82) is 0 Å². The fourth-order valence-electron chi connectivity index (χ4n) is 2.99. The first-order chi connectivity index (χ1) is 15.0. The molecule has 2 atom stereocenters. The van der Waals surface area contributed by atoms with Gasteiger partial charge in [0.05, 0.1) is 5.69 Å². The molecule has 0 fully saturated rings. The number of aromatic nitrogens is 2. The van der Waals surface area contributed by atoms with Crippen LogP contribution in [0.15, 0.2) is 54.6 Å². The van der Waals surface area contributed by atoms with Crippen molar-refractivity contribution in [2.75, 3.05) is 5.73 Å². The number of hydrogen-bond donors (Lipinski definition) is 3. The number of anilines is 1. The van der Waals surface area contributed by atoms with Crippen LogP contribution in [-0.2, 0) is 11.2 Å². The average Bonchev–Trinajstić information content (AvgIpc) is 2.72. The molecule has 0 amide bonds. The molecule has 7 nitrogen and oxygen atoms in total. The van der Waals surface area contributed by atoms with Gasteiger partial charge in [0.15, 0.2) is 0 Å². The lowest BCUT2D eigenvalue weighted by Gasteiger charge is -2.22. The van der Waals surface area contributed by atoms with Gasteiger partial charge in [-0.15, -0.1) is 0 Å². The van der Waals surface area contributed by atoms with E-state index in [1.807, 2.05) is 0 Å². The normalized spacial score (nSPS) is 13.4. The van der Waals surface area contributed by atoms with Crippen molar-refractivity contribution in [3.05, 3.63) is 71.3 Å². The van der Waals surface area contributed by atoms with Crippen molar-refractivity contribution < 1.29 is 27.8 Å². The number of rotatable bonds is 7. The SMILES string of the molecule is Cc1ccc(C(Oc2cc(-c3ccc(C[C@H](N)C(=O)O)cc3)nc(N)n2)C(F)(F)F)cc1. The quantitative estimate of drug-likeness (QED) is 0.506. The van der Waals surface area contributed by atoms with Crippen molar-refractivity contribution in [2.24, 2.45) is 5.73 Å². The van der Waals surface area contributed by atoms with Crippen LogP contribution < -0.4 is 16.2 Å². The van der Waals surface area contributed by atoms with Crippen molar-refractivity contribution in [3.8, 4) is 17.1 Å². The third-order valence-electron chi connectivity index (χ3n) is 4.66. The summed E-state index contributed by atoms with van der Waals surface area (Å²) >= 11 is 0. The third-order valence-corrected chi connectivity index (χ3v) is 4.66. The Kier molecular flexibility index (Phi) is 6.64. The lowest BCUT2D eigenvalue weighted by atomic mass is 10.0. The molecule has 32 heavy (non-hydrogen) atoms. The summed E-state index contributed by atoms with van der Waals surface area (Å²) in [5.74, 6) is -1.70. The summed E-state index contributed by atoms with van der Waals surface area (Å²) in [4.78, 5) is 18.8. The molecule has 1 unspecified atom stereocenters. The zero-order chi connectivity index (χ0) is 23.5. The minimum Gasteiger partial charge on any atom is -0.480 e. The highest BCUT2D eigenvalue weighted by molar-refractivity contribution is 5.73. The van der Waals surface area contributed by atoms with Gasteiger partial charge in [-0.2, -0.15) is 18.2 Å². The maximum absolute atomic E-state index is 13.7. The second-order valence-corrected chi connectivity index (χ2v) is 7.25. The first-order valence-corrected chi connectivity index (χ1v) is 9.55. The number of nitrogen functional groups attached to an aromatic ring is 1. The Morgan fingerprint density at radius 1 is 1.09 bits per heavy atom. The minimum atomic E-state index is -4.68. The number of carboxylic acids is 1. The van der Waals surface area contributed by atoms with Gasteiger partial charge in [-0.1, -0.05) is 54.1 Å². The molecule has 10 heteroatoms. The van der Waals surface area contributed by atoms with Gasteiger partial charge in [-0.3, -0.25) is 4.79 Å². The summed E-state index contributed by atoms with van der Waals surface area (Å²) in [5, 5.41) is 8.91. The Hall–Kier alpha value is -3.66. The van der Waals surface area contributed by atoms with Gasteiger partial charge in [0.25, 0.3) is 0 Å². The smallest absolute Gasteiger partial charge is 0.429 e. The fraction of sp³-hybridized carbons (Fsp3) is 0.227. The summed E-state index contributed by atoms with van der Waals surface area (Å²) in [6, 6.07) is 12.6. The van der Waals surface area contributed by atoms with Gasteiger partial charge in [0.2, 0.25) is 17.9 Å². The van der Waals surface area contributed by atoms with E-state index in [1.165, 1.54) is 18.2 Å². The van der Waals surface area contributed by atoms with E-state index in [4.69, 9.17) is 21.3 Å². The van der Waals surface area contributed by atoms with E-state index in [-0.39, 0.29) is 29.5 Å². The Labute approximate surface area is 181 Å². The molecule has 0 bridgehead atoms. The summed E-state index contributed by atoms with van der Waals surface area (Å²) in [6.07, 6.45) is -6.79. The fourth-order valence-corrected chi connectivity index (χ4v) is 2.99. The zero-order valence-corrected chi connectivity index (χ0v) is 17.0. The summed E-state index contributed by atoms with van der Waals surface area (Å²) in [6.45, 7) is 1.77. The number of carboxylic acid groups (broad SMARTS) is 1. The van der Waals surface area contributed by atoms with E-state index in [2.05, 4.69) is 9.97 Å². The second kappa shape index (κ2) is 9.23. The Morgan fingerprint density at radius 2 is 1.72 bits per heavy atom. The van der Waals surface area contributed by atoms with E-state index in [0.29, 0.717) is 11.1 Å². The van der Waals surface area contributed by atoms with Crippen molar-refractivity contribution in [2.45, 2.75) is 31.7 Å². The highest BCUT2D eigenvalue weighted by atomic mass is 19.4. The van der Waals surface area contributed by atoms with E-state index in [0.717, 1.165) is 5.56 Å². The van der Waals surface area contributed by atoms with Crippen LogP contribution in [0.3, 0.4) is 0 Å². The second-order valence-electron chi connectivity index (χ2n) is 7.25. The molecular weight excluding hydrogens is 425 g/mol. The van der Waals surface area contributed by atoms with Crippen LogP contribution in [0.5, 0.6) is 5.88 Å². The standard InChI is InChI=1S/C22H21F3N4O3/c1-12-2-6-15(7-3-12)19(22(23,24)25)32-18-11-17(28-21(27)29-18)14-8-4-13(5-9-14)10-16(26)20(30)31/h2-9,11,16,19H,10,26H2,1H3,(H,30,31)(H2,27,28,29)/t16-,19?/m0/s1. The van der Waals surface area contributed by atoms with Crippen LogP contribution in [0.2, 0.25) is 0 Å². The van der Waals surface area contributed by atoms with E-state index in [9.17, 15) is 18.0 Å². The van der Waals surface area contributed by atoms with Gasteiger partial charge in [0, 0.05) is 17.2 Å². The lowest BCUT2D eigenvalue weighted by molar-refractivity contribution is -0.198. The molecule has 0 saturated heterocycles. The number of aliphatic carboxylic acids is 1. The maximum atomic E-state index is 13.7. The molecule has 0 aliphatic rings. The highest BCUT2D eigenvalue weighted by Crippen LogP contribution is 2.37. The van der Waals surface area contributed by atoms with Crippen LogP contribution in [0.4, 0.5) is 19.1 Å². The van der Waals surface area contributed by atoms with E-state index < -0.39 is 24.3 Å².